The van der Waals surface area contributed by atoms with Gasteiger partial charge in [-0.2, -0.15) is 0 Å². The zero-order chi connectivity index (χ0) is 15.0. The second-order valence-corrected chi connectivity index (χ2v) is 4.58. The van der Waals surface area contributed by atoms with Gasteiger partial charge in [-0.25, -0.2) is 0 Å². The fraction of sp³-hybridized carbons (Fsp3) is 0. The van der Waals surface area contributed by atoms with Crippen LogP contribution in [-0.4, -0.2) is 10.2 Å². The Labute approximate surface area is 120 Å². The summed E-state index contributed by atoms with van der Waals surface area (Å²) in [6.07, 6.45) is 1.40. The molecule has 104 valence electrons. The van der Waals surface area contributed by atoms with Crippen molar-refractivity contribution in [2.24, 2.45) is 0 Å². The Bertz CT molecular complexity index is 892. The normalized spacial score (nSPS) is 10.7. The third-order valence-electron chi connectivity index (χ3n) is 3.23. The van der Waals surface area contributed by atoms with E-state index in [2.05, 4.69) is 6.58 Å². The summed E-state index contributed by atoms with van der Waals surface area (Å²) >= 11 is 0. The summed E-state index contributed by atoms with van der Waals surface area (Å²) in [7, 11) is 0. The summed E-state index contributed by atoms with van der Waals surface area (Å²) in [4.78, 5) is 12.5. The van der Waals surface area contributed by atoms with Crippen LogP contribution in [0.2, 0.25) is 0 Å². The molecular formula is C17H12O4. The van der Waals surface area contributed by atoms with Crippen LogP contribution in [0, 0.1) is 0 Å². The van der Waals surface area contributed by atoms with Gasteiger partial charge < -0.3 is 14.6 Å². The maximum atomic E-state index is 12.5. The fourth-order valence-corrected chi connectivity index (χ4v) is 2.29. The lowest BCUT2D eigenvalue weighted by Gasteiger charge is -2.08. The molecule has 4 nitrogen and oxygen atoms in total. The highest BCUT2D eigenvalue weighted by Crippen LogP contribution is 2.32. The van der Waals surface area contributed by atoms with Crippen molar-refractivity contribution < 1.29 is 14.6 Å². The van der Waals surface area contributed by atoms with E-state index in [0.29, 0.717) is 11.3 Å². The summed E-state index contributed by atoms with van der Waals surface area (Å²) < 4.78 is 5.72. The molecule has 1 heterocycles. The highest BCUT2D eigenvalue weighted by atomic mass is 16.3. The number of phenolic OH excluding ortho intramolecular Hbond substituents is 2. The van der Waals surface area contributed by atoms with Gasteiger partial charge in [-0.1, -0.05) is 43.0 Å². The second kappa shape index (κ2) is 4.83. The number of hydrogen-bond acceptors (Lipinski definition) is 4. The molecule has 0 aliphatic heterocycles. The van der Waals surface area contributed by atoms with E-state index in [4.69, 9.17) is 4.42 Å². The van der Waals surface area contributed by atoms with E-state index in [9.17, 15) is 15.0 Å². The molecular weight excluding hydrogens is 268 g/mol. The maximum absolute atomic E-state index is 12.5. The summed E-state index contributed by atoms with van der Waals surface area (Å²) in [5, 5.41) is 19.4. The van der Waals surface area contributed by atoms with Crippen molar-refractivity contribution in [1.82, 2.24) is 0 Å². The summed E-state index contributed by atoms with van der Waals surface area (Å²) in [5.74, 6) is -0.136. The van der Waals surface area contributed by atoms with Crippen LogP contribution in [-0.2, 0) is 0 Å². The van der Waals surface area contributed by atoms with Crippen molar-refractivity contribution in [3.05, 3.63) is 64.8 Å². The molecule has 0 atom stereocenters. The minimum Gasteiger partial charge on any atom is -0.508 e. The molecule has 0 aliphatic rings. The third kappa shape index (κ3) is 2.07. The minimum absolute atomic E-state index is 0.0300. The van der Waals surface area contributed by atoms with Gasteiger partial charge in [0.15, 0.2) is 0 Å². The number of benzene rings is 2. The van der Waals surface area contributed by atoms with Crippen LogP contribution in [0.3, 0.4) is 0 Å². The lowest BCUT2D eigenvalue weighted by Crippen LogP contribution is -2.07. The number of fused-ring (bicyclic) bond motifs is 1. The maximum Gasteiger partial charge on any atom is 0.204 e. The molecule has 21 heavy (non-hydrogen) atoms. The molecule has 0 radical (unpaired) electrons. The molecule has 0 spiro atoms. The molecule has 2 aromatic carbocycles. The molecule has 0 saturated carbocycles. The first kappa shape index (κ1) is 13.0. The Morgan fingerprint density at radius 3 is 2.48 bits per heavy atom. The SMILES string of the molecule is C=Cc1c(-c2ccccc2)oc2cc(O)cc(O)c2c1=O. The Kier molecular flexibility index (Phi) is 2.99. The summed E-state index contributed by atoms with van der Waals surface area (Å²) in [6, 6.07) is 11.5. The van der Waals surface area contributed by atoms with Crippen molar-refractivity contribution in [1.29, 1.82) is 0 Å². The Morgan fingerprint density at radius 2 is 1.81 bits per heavy atom. The van der Waals surface area contributed by atoms with Crippen LogP contribution >= 0.6 is 0 Å². The Balaban J connectivity index is 2.47. The molecule has 3 rings (SSSR count). The van der Waals surface area contributed by atoms with Gasteiger partial charge in [0.05, 0.1) is 5.56 Å². The Hall–Kier alpha value is -3.01. The summed E-state index contributed by atoms with van der Waals surface area (Å²) in [6.45, 7) is 3.64. The smallest absolute Gasteiger partial charge is 0.204 e. The van der Waals surface area contributed by atoms with Crippen molar-refractivity contribution in [2.75, 3.05) is 0 Å². The van der Waals surface area contributed by atoms with Gasteiger partial charge in [0, 0.05) is 17.7 Å². The first-order valence-corrected chi connectivity index (χ1v) is 6.32. The van der Waals surface area contributed by atoms with E-state index in [1.165, 1.54) is 12.1 Å². The highest BCUT2D eigenvalue weighted by molar-refractivity contribution is 5.89. The van der Waals surface area contributed by atoms with Crippen molar-refractivity contribution in [3.8, 4) is 22.8 Å². The van der Waals surface area contributed by atoms with Crippen molar-refractivity contribution >= 4 is 17.0 Å². The quantitative estimate of drug-likeness (QED) is 0.753. The van der Waals surface area contributed by atoms with Crippen LogP contribution in [0.4, 0.5) is 0 Å². The van der Waals surface area contributed by atoms with E-state index >= 15 is 0 Å². The van der Waals surface area contributed by atoms with Crippen molar-refractivity contribution in [2.45, 2.75) is 0 Å². The molecule has 3 aromatic rings. The molecule has 0 aliphatic carbocycles. The lowest BCUT2D eigenvalue weighted by molar-refractivity contribution is 0.452. The van der Waals surface area contributed by atoms with Crippen LogP contribution in [0.15, 0.2) is 58.3 Å². The standard InChI is InChI=1S/C17H12O4/c1-2-12-16(20)15-13(19)8-11(18)9-14(15)21-17(12)10-6-4-3-5-7-10/h2-9,18-19H,1H2. The molecule has 0 unspecified atom stereocenters. The number of hydrogen-bond donors (Lipinski definition) is 2. The molecule has 0 bridgehead atoms. The first-order valence-electron chi connectivity index (χ1n) is 6.32. The van der Waals surface area contributed by atoms with Gasteiger partial charge in [-0.05, 0) is 0 Å². The first-order chi connectivity index (χ1) is 10.1. The molecule has 4 heteroatoms. The number of phenols is 2. The molecule has 0 fully saturated rings. The largest absolute Gasteiger partial charge is 0.508 e. The van der Waals surface area contributed by atoms with Crippen LogP contribution < -0.4 is 5.43 Å². The van der Waals surface area contributed by atoms with E-state index in [1.807, 2.05) is 18.2 Å². The van der Waals surface area contributed by atoms with E-state index in [1.54, 1.807) is 12.1 Å². The lowest BCUT2D eigenvalue weighted by atomic mass is 10.0. The van der Waals surface area contributed by atoms with E-state index in [-0.39, 0.29) is 33.5 Å². The minimum atomic E-state index is -0.386. The van der Waals surface area contributed by atoms with E-state index < -0.39 is 0 Å². The van der Waals surface area contributed by atoms with Crippen LogP contribution in [0.5, 0.6) is 11.5 Å². The zero-order valence-corrected chi connectivity index (χ0v) is 11.0. The highest BCUT2D eigenvalue weighted by Gasteiger charge is 2.17. The van der Waals surface area contributed by atoms with Crippen molar-refractivity contribution in [3.63, 3.8) is 0 Å². The molecule has 2 N–H and O–H groups in total. The molecule has 0 saturated heterocycles. The number of rotatable bonds is 2. The monoisotopic (exact) mass is 280 g/mol. The van der Waals surface area contributed by atoms with Gasteiger partial charge in [0.1, 0.15) is 28.2 Å². The van der Waals surface area contributed by atoms with E-state index in [0.717, 1.165) is 6.07 Å². The average Bonchev–Trinajstić information content (AvgIpc) is 2.47. The molecule has 0 amide bonds. The number of aromatic hydroxyl groups is 2. The summed E-state index contributed by atoms with van der Waals surface area (Å²) in [5.41, 5.74) is 0.730. The van der Waals surface area contributed by atoms with Gasteiger partial charge >= 0.3 is 0 Å². The molecule has 1 aromatic heterocycles. The predicted octanol–water partition coefficient (Wildman–Crippen LogP) is 3.51. The predicted molar refractivity (Wildman–Crippen MR) is 81.3 cm³/mol. The topological polar surface area (TPSA) is 70.7 Å². The third-order valence-corrected chi connectivity index (χ3v) is 3.23. The van der Waals surface area contributed by atoms with Crippen LogP contribution in [0.1, 0.15) is 5.56 Å². The van der Waals surface area contributed by atoms with Gasteiger partial charge in [0.2, 0.25) is 5.43 Å². The zero-order valence-electron chi connectivity index (χ0n) is 11.0. The fourth-order valence-electron chi connectivity index (χ4n) is 2.29. The van der Waals surface area contributed by atoms with Gasteiger partial charge in [0.25, 0.3) is 0 Å². The van der Waals surface area contributed by atoms with Gasteiger partial charge in [-0.15, -0.1) is 0 Å². The Morgan fingerprint density at radius 1 is 1.10 bits per heavy atom. The average molecular weight is 280 g/mol. The van der Waals surface area contributed by atoms with Gasteiger partial charge in [-0.3, -0.25) is 4.79 Å². The second-order valence-electron chi connectivity index (χ2n) is 4.58. The van der Waals surface area contributed by atoms with Crippen LogP contribution in [0.25, 0.3) is 28.4 Å².